The van der Waals surface area contributed by atoms with Crippen LogP contribution in [0.2, 0.25) is 0 Å². The maximum absolute atomic E-state index is 13.9. The smallest absolute Gasteiger partial charge is 0.223 e. The summed E-state index contributed by atoms with van der Waals surface area (Å²) in [4.78, 5) is 15.9. The first-order valence-electron chi connectivity index (χ1n) is 8.36. The van der Waals surface area contributed by atoms with Crippen molar-refractivity contribution in [1.82, 2.24) is 4.90 Å². The summed E-state index contributed by atoms with van der Waals surface area (Å²) in [5.41, 5.74) is 7.82. The van der Waals surface area contributed by atoms with Crippen molar-refractivity contribution in [3.05, 3.63) is 59.7 Å². The summed E-state index contributed by atoms with van der Waals surface area (Å²) >= 11 is 0. The van der Waals surface area contributed by atoms with Gasteiger partial charge in [0.25, 0.3) is 0 Å². The van der Waals surface area contributed by atoms with Gasteiger partial charge in [-0.1, -0.05) is 18.2 Å². The zero-order valence-electron chi connectivity index (χ0n) is 13.9. The van der Waals surface area contributed by atoms with Gasteiger partial charge < -0.3 is 15.5 Å². The molecule has 1 heterocycles. The molecule has 132 valence electrons. The monoisotopic (exact) mass is 345 g/mol. The van der Waals surface area contributed by atoms with Crippen LogP contribution in [0.1, 0.15) is 12.0 Å². The quantitative estimate of drug-likeness (QED) is 0.867. The third kappa shape index (κ3) is 4.07. The molecule has 1 aliphatic rings. The minimum absolute atomic E-state index is 0.0580. The molecule has 2 aromatic carbocycles. The van der Waals surface area contributed by atoms with E-state index in [4.69, 9.17) is 5.73 Å². The number of hydrogen-bond donors (Lipinski definition) is 1. The Kier molecular flexibility index (Phi) is 5.16. The van der Waals surface area contributed by atoms with Crippen molar-refractivity contribution in [3.8, 4) is 0 Å². The molecule has 2 N–H and O–H groups in total. The number of hydrogen-bond acceptors (Lipinski definition) is 3. The molecule has 4 nitrogen and oxygen atoms in total. The maximum Gasteiger partial charge on any atom is 0.223 e. The second kappa shape index (κ2) is 7.51. The fraction of sp³-hybridized carbons (Fsp3) is 0.316. The van der Waals surface area contributed by atoms with Gasteiger partial charge in [-0.25, -0.2) is 8.78 Å². The topological polar surface area (TPSA) is 49.6 Å². The average molecular weight is 345 g/mol. The molecule has 1 amide bonds. The number of halogens is 2. The summed E-state index contributed by atoms with van der Waals surface area (Å²) in [5.74, 6) is -0.848. The highest BCUT2D eigenvalue weighted by atomic mass is 19.1. The molecule has 0 spiro atoms. The minimum atomic E-state index is -0.463. The van der Waals surface area contributed by atoms with Crippen molar-refractivity contribution in [1.29, 1.82) is 0 Å². The van der Waals surface area contributed by atoms with E-state index in [2.05, 4.69) is 0 Å². The number of aryl methyl sites for hydroxylation is 1. The molecule has 3 rings (SSSR count). The predicted molar refractivity (Wildman–Crippen MR) is 94.3 cm³/mol. The number of nitrogens with zero attached hydrogens (tertiary/aromatic N) is 2. The maximum atomic E-state index is 13.9. The van der Waals surface area contributed by atoms with Crippen LogP contribution >= 0.6 is 0 Å². The van der Waals surface area contributed by atoms with Crippen molar-refractivity contribution < 1.29 is 13.6 Å². The number of carbonyl (C=O) groups is 1. The molecule has 2 aromatic rings. The number of nitrogen functional groups attached to an aromatic ring is 1. The van der Waals surface area contributed by atoms with Gasteiger partial charge in [-0.2, -0.15) is 0 Å². The van der Waals surface area contributed by atoms with Crippen molar-refractivity contribution in [2.75, 3.05) is 36.8 Å². The first-order chi connectivity index (χ1) is 12.0. The molecule has 0 saturated carbocycles. The second-order valence-corrected chi connectivity index (χ2v) is 6.16. The SMILES string of the molecule is Nc1ccccc1CCC(=O)N1CCN(c2cc(F)ccc2F)CC1. The molecule has 0 atom stereocenters. The van der Waals surface area contributed by atoms with Crippen molar-refractivity contribution in [2.45, 2.75) is 12.8 Å². The lowest BCUT2D eigenvalue weighted by Gasteiger charge is -2.36. The molecule has 0 radical (unpaired) electrons. The van der Waals surface area contributed by atoms with Gasteiger partial charge in [-0.3, -0.25) is 4.79 Å². The Balaban J connectivity index is 1.54. The van der Waals surface area contributed by atoms with Gasteiger partial charge in [-0.05, 0) is 30.2 Å². The molecule has 1 saturated heterocycles. The fourth-order valence-electron chi connectivity index (χ4n) is 3.09. The van der Waals surface area contributed by atoms with Crippen molar-refractivity contribution in [2.24, 2.45) is 0 Å². The molecule has 1 fully saturated rings. The highest BCUT2D eigenvalue weighted by molar-refractivity contribution is 5.77. The summed E-state index contributed by atoms with van der Waals surface area (Å²) in [5, 5.41) is 0. The van der Waals surface area contributed by atoms with Gasteiger partial charge in [0, 0.05) is 44.4 Å². The van der Waals surface area contributed by atoms with E-state index < -0.39 is 11.6 Å². The van der Waals surface area contributed by atoms with E-state index in [1.165, 1.54) is 6.07 Å². The van der Waals surface area contributed by atoms with E-state index in [0.29, 0.717) is 44.7 Å². The Morgan fingerprint density at radius 2 is 1.76 bits per heavy atom. The lowest BCUT2D eigenvalue weighted by Crippen LogP contribution is -2.49. The zero-order valence-corrected chi connectivity index (χ0v) is 13.9. The van der Waals surface area contributed by atoms with E-state index in [0.717, 1.165) is 17.7 Å². The highest BCUT2D eigenvalue weighted by Crippen LogP contribution is 2.22. The van der Waals surface area contributed by atoms with Crippen LogP contribution in [-0.4, -0.2) is 37.0 Å². The Labute approximate surface area is 145 Å². The highest BCUT2D eigenvalue weighted by Gasteiger charge is 2.23. The summed E-state index contributed by atoms with van der Waals surface area (Å²) in [6, 6.07) is 11.0. The molecule has 25 heavy (non-hydrogen) atoms. The molecule has 0 bridgehead atoms. The molecular weight excluding hydrogens is 324 g/mol. The largest absolute Gasteiger partial charge is 0.399 e. The van der Waals surface area contributed by atoms with Gasteiger partial charge in [0.2, 0.25) is 5.91 Å². The van der Waals surface area contributed by atoms with Crippen LogP contribution in [0.15, 0.2) is 42.5 Å². The zero-order chi connectivity index (χ0) is 17.8. The average Bonchev–Trinajstić information content (AvgIpc) is 2.63. The molecular formula is C19H21F2N3O. The van der Waals surface area contributed by atoms with Crippen LogP contribution in [0.5, 0.6) is 0 Å². The van der Waals surface area contributed by atoms with Crippen LogP contribution in [0.4, 0.5) is 20.2 Å². The Morgan fingerprint density at radius 1 is 1.04 bits per heavy atom. The molecule has 0 unspecified atom stereocenters. The van der Waals surface area contributed by atoms with Crippen LogP contribution < -0.4 is 10.6 Å². The van der Waals surface area contributed by atoms with E-state index >= 15 is 0 Å². The number of para-hydroxylation sites is 1. The van der Waals surface area contributed by atoms with Gasteiger partial charge >= 0.3 is 0 Å². The number of rotatable bonds is 4. The first kappa shape index (κ1) is 17.2. The Hall–Kier alpha value is -2.63. The number of amides is 1. The second-order valence-electron chi connectivity index (χ2n) is 6.16. The summed E-state index contributed by atoms with van der Waals surface area (Å²) in [6.07, 6.45) is 0.993. The van der Waals surface area contributed by atoms with Crippen molar-refractivity contribution >= 4 is 17.3 Å². The van der Waals surface area contributed by atoms with E-state index in [1.54, 1.807) is 9.80 Å². The standard InChI is InChI=1S/C19H21F2N3O/c20-15-6-7-16(21)18(13-15)23-9-11-24(12-10-23)19(25)8-5-14-3-1-2-4-17(14)22/h1-4,6-7,13H,5,8-12,22H2. The predicted octanol–water partition coefficient (Wildman–Crippen LogP) is 2.83. The van der Waals surface area contributed by atoms with E-state index in [1.807, 2.05) is 24.3 Å². The van der Waals surface area contributed by atoms with Crippen molar-refractivity contribution in [3.63, 3.8) is 0 Å². The van der Waals surface area contributed by atoms with Gasteiger partial charge in [0.05, 0.1) is 5.69 Å². The van der Waals surface area contributed by atoms with E-state index in [-0.39, 0.29) is 11.6 Å². The molecule has 1 aliphatic heterocycles. The number of anilines is 2. The van der Waals surface area contributed by atoms with Gasteiger partial charge in [0.15, 0.2) is 0 Å². The van der Waals surface area contributed by atoms with Crippen LogP contribution in [0, 0.1) is 11.6 Å². The van der Waals surface area contributed by atoms with Crippen LogP contribution in [0.3, 0.4) is 0 Å². The lowest BCUT2D eigenvalue weighted by atomic mass is 10.1. The number of carbonyl (C=O) groups excluding carboxylic acids is 1. The number of benzene rings is 2. The summed E-state index contributed by atoms with van der Waals surface area (Å²) in [6.45, 7) is 1.97. The van der Waals surface area contributed by atoms with Gasteiger partial charge in [0.1, 0.15) is 11.6 Å². The third-order valence-electron chi connectivity index (χ3n) is 4.54. The molecule has 0 aliphatic carbocycles. The summed E-state index contributed by atoms with van der Waals surface area (Å²) < 4.78 is 27.2. The van der Waals surface area contributed by atoms with Crippen LogP contribution in [-0.2, 0) is 11.2 Å². The third-order valence-corrected chi connectivity index (χ3v) is 4.54. The van der Waals surface area contributed by atoms with Crippen LogP contribution in [0.25, 0.3) is 0 Å². The number of nitrogens with two attached hydrogens (primary N) is 1. The van der Waals surface area contributed by atoms with Gasteiger partial charge in [-0.15, -0.1) is 0 Å². The fourth-order valence-corrected chi connectivity index (χ4v) is 3.09. The first-order valence-corrected chi connectivity index (χ1v) is 8.36. The number of piperazine rings is 1. The normalized spacial score (nSPS) is 14.6. The Bertz CT molecular complexity index is 758. The Morgan fingerprint density at radius 3 is 2.48 bits per heavy atom. The van der Waals surface area contributed by atoms with E-state index in [9.17, 15) is 13.6 Å². The lowest BCUT2D eigenvalue weighted by molar-refractivity contribution is -0.131. The molecule has 0 aromatic heterocycles. The summed E-state index contributed by atoms with van der Waals surface area (Å²) in [7, 11) is 0. The molecule has 6 heteroatoms. The minimum Gasteiger partial charge on any atom is -0.399 e.